The molecule has 2 aromatic carbocycles. The summed E-state index contributed by atoms with van der Waals surface area (Å²) >= 11 is 0. The third kappa shape index (κ3) is 4.19. The van der Waals surface area contributed by atoms with Crippen molar-refractivity contribution >= 4 is 17.8 Å². The van der Waals surface area contributed by atoms with Gasteiger partial charge >= 0.3 is 6.03 Å². The average Bonchev–Trinajstić information content (AvgIpc) is 2.85. The largest absolute Gasteiger partial charge is 0.497 e. The number of urea groups is 1. The molecule has 33 heavy (non-hydrogen) atoms. The van der Waals surface area contributed by atoms with Crippen molar-refractivity contribution in [1.29, 1.82) is 0 Å². The van der Waals surface area contributed by atoms with Gasteiger partial charge in [0, 0.05) is 25.0 Å². The maximum absolute atomic E-state index is 13.3. The number of amides is 4. The van der Waals surface area contributed by atoms with Gasteiger partial charge in [0.25, 0.3) is 0 Å². The van der Waals surface area contributed by atoms with Crippen LogP contribution in [0.25, 0.3) is 0 Å². The van der Waals surface area contributed by atoms with Crippen molar-refractivity contribution < 1.29 is 19.1 Å². The van der Waals surface area contributed by atoms with Crippen LogP contribution in [0.3, 0.4) is 0 Å². The van der Waals surface area contributed by atoms with Crippen molar-refractivity contribution in [3.63, 3.8) is 0 Å². The normalized spacial score (nSPS) is 24.6. The summed E-state index contributed by atoms with van der Waals surface area (Å²) in [6.07, 6.45) is 2.69. The zero-order chi connectivity index (χ0) is 22.9. The van der Waals surface area contributed by atoms with Crippen LogP contribution >= 0.6 is 0 Å². The first-order chi connectivity index (χ1) is 16.0. The topological polar surface area (TPSA) is 79.0 Å². The molecule has 1 saturated heterocycles. The number of imide groups is 1. The smallest absolute Gasteiger partial charge is 0.324 e. The number of benzene rings is 2. The summed E-state index contributed by atoms with van der Waals surface area (Å²) in [5.41, 5.74) is 3.39. The van der Waals surface area contributed by atoms with Crippen LogP contribution in [0.15, 0.2) is 48.5 Å². The Morgan fingerprint density at radius 1 is 1.06 bits per heavy atom. The summed E-state index contributed by atoms with van der Waals surface area (Å²) in [6, 6.07) is 15.0. The molecule has 2 aromatic rings. The first-order valence-corrected chi connectivity index (χ1v) is 11.6. The van der Waals surface area contributed by atoms with Crippen LogP contribution in [-0.2, 0) is 29.1 Å². The van der Waals surface area contributed by atoms with Gasteiger partial charge in [-0.05, 0) is 54.5 Å². The Hall–Kier alpha value is -3.35. The molecule has 3 aliphatic rings. The van der Waals surface area contributed by atoms with E-state index in [9.17, 15) is 14.4 Å². The van der Waals surface area contributed by atoms with Crippen LogP contribution in [0.2, 0.25) is 0 Å². The molecule has 1 aliphatic carbocycles. The van der Waals surface area contributed by atoms with Crippen LogP contribution in [-0.4, -0.2) is 47.3 Å². The van der Waals surface area contributed by atoms with Gasteiger partial charge in [-0.15, -0.1) is 0 Å². The number of ether oxygens (including phenoxy) is 1. The minimum absolute atomic E-state index is 0.141. The molecule has 4 amide bonds. The van der Waals surface area contributed by atoms with Crippen molar-refractivity contribution in [3.8, 4) is 5.75 Å². The van der Waals surface area contributed by atoms with Crippen molar-refractivity contribution in [2.45, 2.75) is 44.8 Å². The second-order valence-corrected chi connectivity index (χ2v) is 9.22. The number of nitrogens with one attached hydrogen (secondary N) is 1. The van der Waals surface area contributed by atoms with Gasteiger partial charge in [-0.1, -0.05) is 36.4 Å². The molecule has 3 atom stereocenters. The number of methoxy groups -OCH3 is 1. The van der Waals surface area contributed by atoms with E-state index in [4.69, 9.17) is 4.74 Å². The van der Waals surface area contributed by atoms with E-state index in [2.05, 4.69) is 17.4 Å². The Morgan fingerprint density at radius 3 is 2.58 bits per heavy atom. The maximum atomic E-state index is 13.3. The molecule has 0 spiro atoms. The summed E-state index contributed by atoms with van der Waals surface area (Å²) in [4.78, 5) is 42.4. The van der Waals surface area contributed by atoms with Gasteiger partial charge in [0.1, 0.15) is 5.75 Å². The molecule has 2 fully saturated rings. The van der Waals surface area contributed by atoms with Crippen molar-refractivity contribution in [3.05, 3.63) is 65.2 Å². The quantitative estimate of drug-likeness (QED) is 0.781. The standard InChI is InChI=1S/C26H29N3O4/c1-33-21-9-6-17(7-10-21)15-29-25(31)22-11-8-19(14-23(22)27-26(29)32)24(30)28-13-12-18-4-2-3-5-20(18)16-28/h2-7,9-10,19,22-23H,8,11-16H2,1H3,(H,27,32). The molecular formula is C26H29N3O4. The second-order valence-electron chi connectivity index (χ2n) is 9.22. The summed E-state index contributed by atoms with van der Waals surface area (Å²) < 4.78 is 5.17. The van der Waals surface area contributed by atoms with E-state index in [0.717, 1.165) is 24.3 Å². The highest BCUT2D eigenvalue weighted by molar-refractivity contribution is 5.99. The lowest BCUT2D eigenvalue weighted by molar-refractivity contribution is -0.143. The van der Waals surface area contributed by atoms with Crippen molar-refractivity contribution in [2.75, 3.05) is 13.7 Å². The Bertz CT molecular complexity index is 1070. The lowest BCUT2D eigenvalue weighted by Crippen LogP contribution is -2.61. The van der Waals surface area contributed by atoms with Crippen LogP contribution in [0.4, 0.5) is 4.79 Å². The number of hydrogen-bond acceptors (Lipinski definition) is 4. The maximum Gasteiger partial charge on any atom is 0.324 e. The zero-order valence-electron chi connectivity index (χ0n) is 18.8. The number of hydrogen-bond donors (Lipinski definition) is 1. The highest BCUT2D eigenvalue weighted by Crippen LogP contribution is 2.35. The number of carbonyl (C=O) groups is 3. The number of fused-ring (bicyclic) bond motifs is 2. The molecule has 0 radical (unpaired) electrons. The molecule has 172 valence electrons. The van der Waals surface area contributed by atoms with Crippen molar-refractivity contribution in [1.82, 2.24) is 15.1 Å². The zero-order valence-corrected chi connectivity index (χ0v) is 18.8. The van der Waals surface area contributed by atoms with Crippen molar-refractivity contribution in [2.24, 2.45) is 11.8 Å². The van der Waals surface area contributed by atoms with Crippen LogP contribution < -0.4 is 10.1 Å². The molecular weight excluding hydrogens is 418 g/mol. The monoisotopic (exact) mass is 447 g/mol. The fourth-order valence-electron chi connectivity index (χ4n) is 5.39. The molecule has 0 aromatic heterocycles. The van der Waals surface area contributed by atoms with Gasteiger partial charge in [0.15, 0.2) is 0 Å². The first-order valence-electron chi connectivity index (χ1n) is 11.6. The Morgan fingerprint density at radius 2 is 1.82 bits per heavy atom. The predicted octanol–water partition coefficient (Wildman–Crippen LogP) is 3.12. The van der Waals surface area contributed by atoms with E-state index in [1.54, 1.807) is 7.11 Å². The molecule has 5 rings (SSSR count). The molecule has 1 N–H and O–H groups in total. The summed E-state index contributed by atoms with van der Waals surface area (Å²) in [6.45, 7) is 1.59. The minimum atomic E-state index is -0.378. The molecule has 1 saturated carbocycles. The Balaban J connectivity index is 1.22. The van der Waals surface area contributed by atoms with E-state index in [1.165, 1.54) is 16.0 Å². The number of carbonyl (C=O) groups excluding carboxylic acids is 3. The highest BCUT2D eigenvalue weighted by atomic mass is 16.5. The third-order valence-corrected chi connectivity index (χ3v) is 7.28. The van der Waals surface area contributed by atoms with E-state index < -0.39 is 0 Å². The molecule has 7 nitrogen and oxygen atoms in total. The highest BCUT2D eigenvalue weighted by Gasteiger charge is 2.46. The van der Waals surface area contributed by atoms with Crippen LogP contribution in [0.1, 0.15) is 36.0 Å². The third-order valence-electron chi connectivity index (χ3n) is 7.28. The predicted molar refractivity (Wildman–Crippen MR) is 122 cm³/mol. The fourth-order valence-corrected chi connectivity index (χ4v) is 5.39. The molecule has 3 unspecified atom stereocenters. The van der Waals surface area contributed by atoms with E-state index >= 15 is 0 Å². The van der Waals surface area contributed by atoms with Gasteiger partial charge in [-0.3, -0.25) is 14.5 Å². The van der Waals surface area contributed by atoms with Gasteiger partial charge < -0.3 is 15.0 Å². The van der Waals surface area contributed by atoms with E-state index in [-0.39, 0.29) is 42.3 Å². The lowest BCUT2D eigenvalue weighted by atomic mass is 9.76. The first kappa shape index (κ1) is 21.5. The Kier molecular flexibility index (Phi) is 5.79. The molecule has 2 heterocycles. The van der Waals surface area contributed by atoms with Crippen LogP contribution in [0, 0.1) is 11.8 Å². The van der Waals surface area contributed by atoms with E-state index in [0.29, 0.717) is 25.8 Å². The van der Waals surface area contributed by atoms with E-state index in [1.807, 2.05) is 41.3 Å². The lowest BCUT2D eigenvalue weighted by Gasteiger charge is -2.43. The molecule has 0 bridgehead atoms. The number of nitrogens with zero attached hydrogens (tertiary/aromatic N) is 2. The molecule has 7 heteroatoms. The second kappa shape index (κ2) is 8.89. The molecule has 2 aliphatic heterocycles. The van der Waals surface area contributed by atoms with Gasteiger partial charge in [-0.25, -0.2) is 4.79 Å². The average molecular weight is 448 g/mol. The summed E-state index contributed by atoms with van der Waals surface area (Å²) in [7, 11) is 1.60. The van der Waals surface area contributed by atoms with Gasteiger partial charge in [-0.2, -0.15) is 0 Å². The van der Waals surface area contributed by atoms with Crippen LogP contribution in [0.5, 0.6) is 5.75 Å². The summed E-state index contributed by atoms with van der Waals surface area (Å²) in [5.74, 6) is 0.306. The van der Waals surface area contributed by atoms with Gasteiger partial charge in [0.05, 0.1) is 19.6 Å². The van der Waals surface area contributed by atoms with Gasteiger partial charge in [0.2, 0.25) is 11.8 Å². The fraction of sp³-hybridized carbons (Fsp3) is 0.423. The minimum Gasteiger partial charge on any atom is -0.497 e. The summed E-state index contributed by atoms with van der Waals surface area (Å²) in [5, 5.41) is 3.02. The Labute approximate surface area is 193 Å². The number of rotatable bonds is 4. The SMILES string of the molecule is COc1ccc(CN2C(=O)NC3CC(C(=O)N4CCc5ccccc5C4)CCC3C2=O)cc1.